The third-order valence-corrected chi connectivity index (χ3v) is 5.88. The van der Waals surface area contributed by atoms with Gasteiger partial charge in [-0.2, -0.15) is 13.2 Å². The maximum absolute atomic E-state index is 12.7. The highest BCUT2D eigenvalue weighted by molar-refractivity contribution is 5.89. The van der Waals surface area contributed by atoms with Gasteiger partial charge in [-0.25, -0.2) is 9.78 Å². The highest BCUT2D eigenvalue weighted by Gasteiger charge is 2.33. The molecule has 8 nitrogen and oxygen atoms in total. The zero-order valence-electron chi connectivity index (χ0n) is 18.7. The van der Waals surface area contributed by atoms with Gasteiger partial charge in [-0.05, 0) is 29.8 Å². The molecule has 1 N–H and O–H groups in total. The number of pyridine rings is 1. The monoisotopic (exact) mass is 477 g/mol. The van der Waals surface area contributed by atoms with Crippen LogP contribution in [0.1, 0.15) is 18.1 Å². The first-order valence-corrected chi connectivity index (χ1v) is 11.0. The summed E-state index contributed by atoms with van der Waals surface area (Å²) in [5.41, 5.74) is 0.833. The number of nitrogens with zero attached hydrogens (tertiary/aromatic N) is 4. The number of aromatic nitrogens is 1. The molecule has 1 aromatic heterocycles. The van der Waals surface area contributed by atoms with E-state index < -0.39 is 23.9 Å². The minimum Gasteiger partial charge on any atom is -0.442 e. The van der Waals surface area contributed by atoms with Crippen molar-refractivity contribution in [2.24, 2.45) is 0 Å². The van der Waals surface area contributed by atoms with Gasteiger partial charge < -0.3 is 15.0 Å². The lowest BCUT2D eigenvalue weighted by Crippen LogP contribution is -2.46. The molecule has 0 unspecified atom stereocenters. The smallest absolute Gasteiger partial charge is 0.416 e. The number of ether oxygens (including phenoxy) is 1. The molecule has 0 saturated carbocycles. The summed E-state index contributed by atoms with van der Waals surface area (Å²) in [6, 6.07) is 8.97. The lowest BCUT2D eigenvalue weighted by atomic mass is 10.1. The molecule has 0 radical (unpaired) electrons. The number of halogens is 3. The number of carbonyl (C=O) groups excluding carboxylic acids is 2. The van der Waals surface area contributed by atoms with Crippen LogP contribution in [-0.4, -0.2) is 67.3 Å². The van der Waals surface area contributed by atoms with E-state index in [1.807, 2.05) is 12.1 Å². The SMILES string of the molecule is CC(=O)NC[C@H]1CN(c2ccc(N3CCN(Cc4ccc(C(F)(F)F)cc4)CC3)nc2)C(=O)O1. The second-order valence-electron chi connectivity index (χ2n) is 8.39. The van der Waals surface area contributed by atoms with Gasteiger partial charge in [0, 0.05) is 39.6 Å². The third kappa shape index (κ3) is 5.77. The topological polar surface area (TPSA) is 78.0 Å². The summed E-state index contributed by atoms with van der Waals surface area (Å²) >= 11 is 0. The first-order valence-electron chi connectivity index (χ1n) is 11.0. The van der Waals surface area contributed by atoms with Gasteiger partial charge in [0.15, 0.2) is 0 Å². The lowest BCUT2D eigenvalue weighted by molar-refractivity contribution is -0.137. The first-order chi connectivity index (χ1) is 16.2. The van der Waals surface area contributed by atoms with Gasteiger partial charge in [-0.3, -0.25) is 14.6 Å². The van der Waals surface area contributed by atoms with Crippen LogP contribution in [0.25, 0.3) is 0 Å². The van der Waals surface area contributed by atoms with Crippen LogP contribution in [0.15, 0.2) is 42.6 Å². The molecule has 11 heteroatoms. The second kappa shape index (κ2) is 9.88. The molecule has 0 aliphatic carbocycles. The van der Waals surface area contributed by atoms with Crippen LogP contribution in [0.3, 0.4) is 0 Å². The Morgan fingerprint density at radius 3 is 2.41 bits per heavy atom. The summed E-state index contributed by atoms with van der Waals surface area (Å²) in [7, 11) is 0. The van der Waals surface area contributed by atoms with Gasteiger partial charge in [0.2, 0.25) is 5.91 Å². The highest BCUT2D eigenvalue weighted by atomic mass is 19.4. The normalized spacial score (nSPS) is 19.3. The number of cyclic esters (lactones) is 1. The van der Waals surface area contributed by atoms with Gasteiger partial charge in [0.05, 0.1) is 30.5 Å². The molecule has 2 fully saturated rings. The standard InChI is InChI=1S/C23H26F3N5O3/c1-16(32)27-13-20-15-31(22(33)34-20)19-6-7-21(28-12-19)30-10-8-29(9-11-30)14-17-2-4-18(5-3-17)23(24,25)26/h2-7,12,20H,8-11,13-15H2,1H3,(H,27,32)/t20-/m0/s1. The Morgan fingerprint density at radius 2 is 1.82 bits per heavy atom. The van der Waals surface area contributed by atoms with Crippen LogP contribution in [0.5, 0.6) is 0 Å². The molecule has 2 saturated heterocycles. The van der Waals surface area contributed by atoms with Crippen LogP contribution < -0.4 is 15.1 Å². The van der Waals surface area contributed by atoms with Crippen LogP contribution in [-0.2, 0) is 22.3 Å². The van der Waals surface area contributed by atoms with Crippen molar-refractivity contribution < 1.29 is 27.5 Å². The van der Waals surface area contributed by atoms with Gasteiger partial charge in [-0.1, -0.05) is 12.1 Å². The molecule has 1 atom stereocenters. The number of rotatable bonds is 6. The van der Waals surface area contributed by atoms with E-state index in [0.29, 0.717) is 18.8 Å². The summed E-state index contributed by atoms with van der Waals surface area (Å²) in [5.74, 6) is 0.611. The molecule has 1 aromatic carbocycles. The minimum absolute atomic E-state index is 0.181. The van der Waals surface area contributed by atoms with Gasteiger partial charge in [0.25, 0.3) is 0 Å². The van der Waals surface area contributed by atoms with Crippen molar-refractivity contribution in [1.82, 2.24) is 15.2 Å². The summed E-state index contributed by atoms with van der Waals surface area (Å²) in [6.07, 6.45) is -3.57. The van der Waals surface area contributed by atoms with Crippen molar-refractivity contribution in [2.75, 3.05) is 49.1 Å². The Labute approximate surface area is 195 Å². The number of benzene rings is 1. The Balaban J connectivity index is 1.28. The Kier molecular flexibility index (Phi) is 6.92. The Bertz CT molecular complexity index is 1010. The molecule has 2 aliphatic heterocycles. The molecule has 4 rings (SSSR count). The number of hydrogen-bond donors (Lipinski definition) is 1. The molecule has 3 heterocycles. The van der Waals surface area contributed by atoms with Crippen LogP contribution in [0.2, 0.25) is 0 Å². The van der Waals surface area contributed by atoms with E-state index in [9.17, 15) is 22.8 Å². The summed E-state index contributed by atoms with van der Waals surface area (Å²) in [6.45, 7) is 5.58. The van der Waals surface area contributed by atoms with E-state index in [1.54, 1.807) is 6.20 Å². The molecule has 0 spiro atoms. The maximum Gasteiger partial charge on any atom is 0.416 e. The van der Waals surface area contributed by atoms with Crippen molar-refractivity contribution in [3.63, 3.8) is 0 Å². The molecule has 2 amide bonds. The van der Waals surface area contributed by atoms with Crippen molar-refractivity contribution in [3.8, 4) is 0 Å². The van der Waals surface area contributed by atoms with Crippen LogP contribution in [0, 0.1) is 0 Å². The van der Waals surface area contributed by atoms with E-state index in [1.165, 1.54) is 24.0 Å². The number of piperazine rings is 1. The summed E-state index contributed by atoms with van der Waals surface area (Å²) in [4.78, 5) is 33.5. The highest BCUT2D eigenvalue weighted by Crippen LogP contribution is 2.29. The Hall–Kier alpha value is -3.34. The van der Waals surface area contributed by atoms with E-state index >= 15 is 0 Å². The molecule has 2 aromatic rings. The molecule has 182 valence electrons. The largest absolute Gasteiger partial charge is 0.442 e. The van der Waals surface area contributed by atoms with E-state index in [-0.39, 0.29) is 12.5 Å². The fourth-order valence-corrected chi connectivity index (χ4v) is 4.01. The number of amides is 2. The van der Waals surface area contributed by atoms with Gasteiger partial charge in [-0.15, -0.1) is 0 Å². The number of anilines is 2. The van der Waals surface area contributed by atoms with E-state index in [0.717, 1.165) is 49.7 Å². The predicted molar refractivity (Wildman–Crippen MR) is 119 cm³/mol. The van der Waals surface area contributed by atoms with Crippen LogP contribution in [0.4, 0.5) is 29.5 Å². The van der Waals surface area contributed by atoms with E-state index in [4.69, 9.17) is 4.74 Å². The van der Waals surface area contributed by atoms with Crippen molar-refractivity contribution >= 4 is 23.5 Å². The molecule has 2 aliphatic rings. The molecule has 0 bridgehead atoms. The lowest BCUT2D eigenvalue weighted by Gasteiger charge is -2.35. The third-order valence-electron chi connectivity index (χ3n) is 5.88. The second-order valence-corrected chi connectivity index (χ2v) is 8.39. The number of nitrogens with one attached hydrogen (secondary N) is 1. The van der Waals surface area contributed by atoms with Gasteiger partial charge >= 0.3 is 12.3 Å². The first kappa shape index (κ1) is 23.8. The molecule has 34 heavy (non-hydrogen) atoms. The molecular formula is C23H26F3N5O3. The average Bonchev–Trinajstić information content (AvgIpc) is 3.19. The van der Waals surface area contributed by atoms with E-state index in [2.05, 4.69) is 20.1 Å². The van der Waals surface area contributed by atoms with Crippen molar-refractivity contribution in [2.45, 2.75) is 25.7 Å². The fraction of sp³-hybridized carbons (Fsp3) is 0.435. The molecular weight excluding hydrogens is 451 g/mol. The zero-order valence-corrected chi connectivity index (χ0v) is 18.7. The summed E-state index contributed by atoms with van der Waals surface area (Å²) < 4.78 is 43.5. The van der Waals surface area contributed by atoms with Crippen LogP contribution >= 0.6 is 0 Å². The quantitative estimate of drug-likeness (QED) is 0.690. The number of alkyl halides is 3. The number of hydrogen-bond acceptors (Lipinski definition) is 6. The van der Waals surface area contributed by atoms with Crippen molar-refractivity contribution in [1.29, 1.82) is 0 Å². The number of carbonyl (C=O) groups is 2. The maximum atomic E-state index is 12.7. The minimum atomic E-state index is -4.32. The Morgan fingerprint density at radius 1 is 1.12 bits per heavy atom. The van der Waals surface area contributed by atoms with Gasteiger partial charge in [0.1, 0.15) is 11.9 Å². The summed E-state index contributed by atoms with van der Waals surface area (Å²) in [5, 5.41) is 2.65. The average molecular weight is 477 g/mol. The fourth-order valence-electron chi connectivity index (χ4n) is 4.01. The zero-order chi connectivity index (χ0) is 24.3. The van der Waals surface area contributed by atoms with Crippen molar-refractivity contribution in [3.05, 3.63) is 53.7 Å². The predicted octanol–water partition coefficient (Wildman–Crippen LogP) is 2.88.